The quantitative estimate of drug-likeness (QED) is 0.823. The molecule has 0 aliphatic rings. The lowest BCUT2D eigenvalue weighted by Crippen LogP contribution is -2.20. The Labute approximate surface area is 102 Å². The molecule has 3 N–H and O–H groups in total. The standard InChI is InChI=1S/C13H20N2O2/c1-4-9(2)13(16)15-11-6-5-10(8-14)7-12(11)17-3/h5-7,9H,4,8,14H2,1-3H3,(H,15,16). The number of ether oxygens (including phenoxy) is 1. The Morgan fingerprint density at radius 3 is 2.76 bits per heavy atom. The van der Waals surface area contributed by atoms with Crippen molar-refractivity contribution in [3.63, 3.8) is 0 Å². The van der Waals surface area contributed by atoms with Gasteiger partial charge in [-0.15, -0.1) is 0 Å². The van der Waals surface area contributed by atoms with Gasteiger partial charge in [-0.2, -0.15) is 0 Å². The van der Waals surface area contributed by atoms with Crippen molar-refractivity contribution in [3.05, 3.63) is 23.8 Å². The molecule has 0 radical (unpaired) electrons. The van der Waals surface area contributed by atoms with Gasteiger partial charge in [-0.3, -0.25) is 4.79 Å². The van der Waals surface area contributed by atoms with Crippen molar-refractivity contribution in [2.45, 2.75) is 26.8 Å². The van der Waals surface area contributed by atoms with Gasteiger partial charge in [0.15, 0.2) is 0 Å². The fourth-order valence-corrected chi connectivity index (χ4v) is 1.41. The maximum atomic E-state index is 11.8. The van der Waals surface area contributed by atoms with Gasteiger partial charge in [-0.05, 0) is 24.1 Å². The highest BCUT2D eigenvalue weighted by molar-refractivity contribution is 5.93. The number of benzene rings is 1. The normalized spacial score (nSPS) is 12.0. The van der Waals surface area contributed by atoms with Crippen molar-refractivity contribution in [2.75, 3.05) is 12.4 Å². The number of anilines is 1. The second-order valence-electron chi connectivity index (χ2n) is 4.04. The summed E-state index contributed by atoms with van der Waals surface area (Å²) in [4.78, 5) is 11.8. The molecule has 1 amide bonds. The number of amides is 1. The summed E-state index contributed by atoms with van der Waals surface area (Å²) in [6, 6.07) is 5.54. The third kappa shape index (κ3) is 3.46. The van der Waals surface area contributed by atoms with Crippen LogP contribution in [0, 0.1) is 5.92 Å². The van der Waals surface area contributed by atoms with Crippen molar-refractivity contribution in [2.24, 2.45) is 11.7 Å². The van der Waals surface area contributed by atoms with Gasteiger partial charge in [0.1, 0.15) is 5.75 Å². The Morgan fingerprint density at radius 1 is 1.53 bits per heavy atom. The zero-order valence-electron chi connectivity index (χ0n) is 10.6. The fourth-order valence-electron chi connectivity index (χ4n) is 1.41. The maximum Gasteiger partial charge on any atom is 0.227 e. The van der Waals surface area contributed by atoms with Gasteiger partial charge >= 0.3 is 0 Å². The highest BCUT2D eigenvalue weighted by Crippen LogP contribution is 2.26. The summed E-state index contributed by atoms with van der Waals surface area (Å²) in [5.74, 6) is 0.643. The molecule has 0 aliphatic carbocycles. The van der Waals surface area contributed by atoms with E-state index in [4.69, 9.17) is 10.5 Å². The van der Waals surface area contributed by atoms with Gasteiger partial charge in [0.05, 0.1) is 12.8 Å². The maximum absolute atomic E-state index is 11.8. The average Bonchev–Trinajstić information content (AvgIpc) is 2.37. The summed E-state index contributed by atoms with van der Waals surface area (Å²) in [5, 5.41) is 2.86. The first-order valence-corrected chi connectivity index (χ1v) is 5.80. The highest BCUT2D eigenvalue weighted by atomic mass is 16.5. The molecular formula is C13H20N2O2. The Balaban J connectivity index is 2.87. The largest absolute Gasteiger partial charge is 0.495 e. The number of nitrogens with two attached hydrogens (primary N) is 1. The van der Waals surface area contributed by atoms with E-state index in [2.05, 4.69) is 5.32 Å². The molecule has 4 nitrogen and oxygen atoms in total. The molecule has 1 atom stereocenters. The topological polar surface area (TPSA) is 64.4 Å². The SMILES string of the molecule is CCC(C)C(=O)Nc1ccc(CN)cc1OC. The van der Waals surface area contributed by atoms with Gasteiger partial charge in [0, 0.05) is 12.5 Å². The monoisotopic (exact) mass is 236 g/mol. The minimum atomic E-state index is -0.00566. The molecule has 1 aromatic carbocycles. The molecule has 1 rings (SSSR count). The summed E-state index contributed by atoms with van der Waals surface area (Å²) >= 11 is 0. The summed E-state index contributed by atoms with van der Waals surface area (Å²) in [7, 11) is 1.58. The summed E-state index contributed by atoms with van der Waals surface area (Å²) in [6.45, 7) is 4.34. The molecule has 4 heteroatoms. The molecule has 0 heterocycles. The van der Waals surface area contributed by atoms with Crippen LogP contribution in [0.4, 0.5) is 5.69 Å². The summed E-state index contributed by atoms with van der Waals surface area (Å²) in [6.07, 6.45) is 0.815. The van der Waals surface area contributed by atoms with Crippen LogP contribution >= 0.6 is 0 Å². The number of nitrogens with one attached hydrogen (secondary N) is 1. The molecule has 1 unspecified atom stereocenters. The first-order valence-electron chi connectivity index (χ1n) is 5.80. The predicted molar refractivity (Wildman–Crippen MR) is 69.0 cm³/mol. The predicted octanol–water partition coefficient (Wildman–Crippen LogP) is 2.14. The van der Waals surface area contributed by atoms with Crippen LogP contribution in [0.3, 0.4) is 0 Å². The second-order valence-corrected chi connectivity index (χ2v) is 4.04. The Morgan fingerprint density at radius 2 is 2.24 bits per heavy atom. The lowest BCUT2D eigenvalue weighted by Gasteiger charge is -2.13. The Hall–Kier alpha value is -1.55. The second kappa shape index (κ2) is 6.25. The van der Waals surface area contributed by atoms with Crippen LogP contribution < -0.4 is 15.8 Å². The number of carbonyl (C=O) groups is 1. The molecule has 0 fully saturated rings. The van der Waals surface area contributed by atoms with Crippen LogP contribution in [0.5, 0.6) is 5.75 Å². The average molecular weight is 236 g/mol. The van der Waals surface area contributed by atoms with E-state index in [1.165, 1.54) is 0 Å². The van der Waals surface area contributed by atoms with E-state index in [0.29, 0.717) is 18.0 Å². The van der Waals surface area contributed by atoms with Crippen LogP contribution in [0.25, 0.3) is 0 Å². The first-order chi connectivity index (χ1) is 8.12. The number of hydrogen-bond acceptors (Lipinski definition) is 3. The molecule has 0 aliphatic heterocycles. The van der Waals surface area contributed by atoms with Crippen LogP contribution in [-0.2, 0) is 11.3 Å². The van der Waals surface area contributed by atoms with Gasteiger partial charge < -0.3 is 15.8 Å². The minimum absolute atomic E-state index is 0.00566. The molecule has 0 aromatic heterocycles. The van der Waals surface area contributed by atoms with E-state index in [9.17, 15) is 4.79 Å². The molecule has 17 heavy (non-hydrogen) atoms. The summed E-state index contributed by atoms with van der Waals surface area (Å²) < 4.78 is 5.23. The third-order valence-electron chi connectivity index (χ3n) is 2.82. The molecule has 1 aromatic rings. The molecule has 0 spiro atoms. The molecule has 0 saturated carbocycles. The third-order valence-corrected chi connectivity index (χ3v) is 2.82. The van der Waals surface area contributed by atoms with E-state index < -0.39 is 0 Å². The molecule has 0 bridgehead atoms. The molecular weight excluding hydrogens is 216 g/mol. The van der Waals surface area contributed by atoms with Crippen molar-refractivity contribution < 1.29 is 9.53 Å². The van der Waals surface area contributed by atoms with E-state index in [0.717, 1.165) is 12.0 Å². The zero-order chi connectivity index (χ0) is 12.8. The van der Waals surface area contributed by atoms with Crippen molar-refractivity contribution in [1.82, 2.24) is 0 Å². The van der Waals surface area contributed by atoms with Gasteiger partial charge in [-0.25, -0.2) is 0 Å². The number of carbonyl (C=O) groups excluding carboxylic acids is 1. The first kappa shape index (κ1) is 13.5. The van der Waals surface area contributed by atoms with Gasteiger partial charge in [-0.1, -0.05) is 19.9 Å². The fraction of sp³-hybridized carbons (Fsp3) is 0.462. The van der Waals surface area contributed by atoms with Crippen LogP contribution in [-0.4, -0.2) is 13.0 Å². The lowest BCUT2D eigenvalue weighted by molar-refractivity contribution is -0.119. The number of methoxy groups -OCH3 is 1. The minimum Gasteiger partial charge on any atom is -0.495 e. The van der Waals surface area contributed by atoms with Gasteiger partial charge in [0.2, 0.25) is 5.91 Å². The molecule has 0 saturated heterocycles. The molecule has 94 valence electrons. The van der Waals surface area contributed by atoms with E-state index >= 15 is 0 Å². The highest BCUT2D eigenvalue weighted by Gasteiger charge is 2.13. The number of hydrogen-bond donors (Lipinski definition) is 2. The zero-order valence-corrected chi connectivity index (χ0v) is 10.6. The van der Waals surface area contributed by atoms with Crippen LogP contribution in [0.2, 0.25) is 0 Å². The van der Waals surface area contributed by atoms with Crippen LogP contribution in [0.1, 0.15) is 25.8 Å². The van der Waals surface area contributed by atoms with E-state index in [-0.39, 0.29) is 11.8 Å². The smallest absolute Gasteiger partial charge is 0.227 e. The Kier molecular flexibility index (Phi) is 4.97. The van der Waals surface area contributed by atoms with E-state index in [1.54, 1.807) is 7.11 Å². The number of rotatable bonds is 5. The Bertz CT molecular complexity index is 391. The summed E-state index contributed by atoms with van der Waals surface area (Å²) in [5.41, 5.74) is 7.22. The van der Waals surface area contributed by atoms with Crippen molar-refractivity contribution >= 4 is 11.6 Å². The van der Waals surface area contributed by atoms with Crippen molar-refractivity contribution in [1.29, 1.82) is 0 Å². The van der Waals surface area contributed by atoms with Crippen LogP contribution in [0.15, 0.2) is 18.2 Å². The van der Waals surface area contributed by atoms with Gasteiger partial charge in [0.25, 0.3) is 0 Å². The van der Waals surface area contributed by atoms with Crippen molar-refractivity contribution in [3.8, 4) is 5.75 Å². The lowest BCUT2D eigenvalue weighted by atomic mass is 10.1. The van der Waals surface area contributed by atoms with E-state index in [1.807, 2.05) is 32.0 Å².